The first-order chi connectivity index (χ1) is 13.1. The predicted octanol–water partition coefficient (Wildman–Crippen LogP) is 3.14. The van der Waals surface area contributed by atoms with Crippen LogP contribution in [0.3, 0.4) is 0 Å². The molecule has 8 nitrogen and oxygen atoms in total. The van der Waals surface area contributed by atoms with Crippen LogP contribution in [0.2, 0.25) is 0 Å². The normalized spacial score (nSPS) is 12.4. The molecule has 0 saturated carbocycles. The van der Waals surface area contributed by atoms with Gasteiger partial charge >= 0.3 is 0 Å². The van der Waals surface area contributed by atoms with Crippen LogP contribution in [0.5, 0.6) is 0 Å². The summed E-state index contributed by atoms with van der Waals surface area (Å²) in [6.45, 7) is 3.95. The molecule has 27 heavy (non-hydrogen) atoms. The standard InChI is InChI=1S/C19H18N6O2/c1-11(2)15(19-22-17(25-27-19)12-7-9-20-10-8-12)21-18(26)16-13-5-3-4-6-14(13)23-24-16/h3-11,15H,1-2H3,(H,21,26)(H,23,24). The van der Waals surface area contributed by atoms with E-state index in [-0.39, 0.29) is 11.8 Å². The zero-order valence-corrected chi connectivity index (χ0v) is 14.9. The molecule has 4 aromatic rings. The molecule has 136 valence electrons. The second kappa shape index (κ2) is 6.99. The zero-order chi connectivity index (χ0) is 18.8. The maximum Gasteiger partial charge on any atom is 0.273 e. The van der Waals surface area contributed by atoms with Crippen LogP contribution in [-0.4, -0.2) is 31.2 Å². The van der Waals surface area contributed by atoms with Crippen LogP contribution < -0.4 is 5.32 Å². The van der Waals surface area contributed by atoms with Gasteiger partial charge in [-0.1, -0.05) is 37.2 Å². The van der Waals surface area contributed by atoms with E-state index in [1.54, 1.807) is 24.5 Å². The van der Waals surface area contributed by atoms with E-state index in [1.165, 1.54) is 0 Å². The number of amides is 1. The number of hydrogen-bond acceptors (Lipinski definition) is 6. The molecule has 8 heteroatoms. The van der Waals surface area contributed by atoms with Gasteiger partial charge in [0.05, 0.1) is 5.52 Å². The van der Waals surface area contributed by atoms with Crippen molar-refractivity contribution in [1.82, 2.24) is 30.6 Å². The van der Waals surface area contributed by atoms with E-state index in [2.05, 4.69) is 30.6 Å². The Morgan fingerprint density at radius 3 is 2.70 bits per heavy atom. The minimum Gasteiger partial charge on any atom is -0.339 e. The number of nitrogens with zero attached hydrogens (tertiary/aromatic N) is 4. The molecule has 0 aliphatic carbocycles. The number of para-hydroxylation sites is 1. The van der Waals surface area contributed by atoms with Crippen molar-refractivity contribution in [3.8, 4) is 11.4 Å². The molecule has 3 heterocycles. The number of nitrogens with one attached hydrogen (secondary N) is 2. The average Bonchev–Trinajstić information content (AvgIpc) is 3.34. The van der Waals surface area contributed by atoms with Gasteiger partial charge in [-0.15, -0.1) is 0 Å². The smallest absolute Gasteiger partial charge is 0.273 e. The first-order valence-corrected chi connectivity index (χ1v) is 8.61. The molecule has 0 aliphatic heterocycles. The number of aromatic amines is 1. The van der Waals surface area contributed by atoms with Crippen LogP contribution in [0.4, 0.5) is 0 Å². The van der Waals surface area contributed by atoms with Gasteiger partial charge in [-0.3, -0.25) is 14.9 Å². The molecule has 1 aromatic carbocycles. The van der Waals surface area contributed by atoms with E-state index >= 15 is 0 Å². The maximum absolute atomic E-state index is 12.8. The van der Waals surface area contributed by atoms with E-state index in [9.17, 15) is 4.79 Å². The Balaban J connectivity index is 1.60. The van der Waals surface area contributed by atoms with Gasteiger partial charge in [0.25, 0.3) is 5.91 Å². The largest absolute Gasteiger partial charge is 0.339 e. The lowest BCUT2D eigenvalue weighted by atomic mass is 10.0. The molecule has 0 saturated heterocycles. The molecule has 2 N–H and O–H groups in total. The molecule has 3 aromatic heterocycles. The van der Waals surface area contributed by atoms with Crippen LogP contribution in [0, 0.1) is 5.92 Å². The van der Waals surface area contributed by atoms with Crippen molar-refractivity contribution < 1.29 is 9.32 Å². The molecule has 1 amide bonds. The van der Waals surface area contributed by atoms with E-state index < -0.39 is 6.04 Å². The number of rotatable bonds is 5. The second-order valence-corrected chi connectivity index (χ2v) is 6.51. The summed E-state index contributed by atoms with van der Waals surface area (Å²) >= 11 is 0. The highest BCUT2D eigenvalue weighted by atomic mass is 16.5. The summed E-state index contributed by atoms with van der Waals surface area (Å²) in [4.78, 5) is 21.2. The van der Waals surface area contributed by atoms with Gasteiger partial charge in [0.15, 0.2) is 5.69 Å². The number of fused-ring (bicyclic) bond motifs is 1. The number of pyridine rings is 1. The highest BCUT2D eigenvalue weighted by Gasteiger charge is 2.27. The molecule has 1 unspecified atom stereocenters. The number of benzene rings is 1. The van der Waals surface area contributed by atoms with E-state index in [1.807, 2.05) is 38.1 Å². The highest BCUT2D eigenvalue weighted by Crippen LogP contribution is 2.24. The minimum absolute atomic E-state index is 0.0462. The fourth-order valence-electron chi connectivity index (χ4n) is 2.84. The SMILES string of the molecule is CC(C)C(NC(=O)c1n[nH]c2ccccc12)c1nc(-c2ccncc2)no1. The Hall–Kier alpha value is -3.55. The summed E-state index contributed by atoms with van der Waals surface area (Å²) in [7, 11) is 0. The van der Waals surface area contributed by atoms with Crippen LogP contribution in [0.25, 0.3) is 22.3 Å². The molecule has 0 radical (unpaired) electrons. The van der Waals surface area contributed by atoms with Gasteiger partial charge < -0.3 is 9.84 Å². The number of carbonyl (C=O) groups excluding carboxylic acids is 1. The average molecular weight is 362 g/mol. The zero-order valence-electron chi connectivity index (χ0n) is 14.9. The van der Waals surface area contributed by atoms with Gasteiger partial charge in [0, 0.05) is 23.3 Å². The monoisotopic (exact) mass is 362 g/mol. The van der Waals surface area contributed by atoms with Crippen molar-refractivity contribution in [1.29, 1.82) is 0 Å². The van der Waals surface area contributed by atoms with Gasteiger partial charge in [0.1, 0.15) is 6.04 Å². The Morgan fingerprint density at radius 1 is 1.15 bits per heavy atom. The van der Waals surface area contributed by atoms with Crippen molar-refractivity contribution in [2.75, 3.05) is 0 Å². The highest BCUT2D eigenvalue weighted by molar-refractivity contribution is 6.04. The van der Waals surface area contributed by atoms with Crippen LogP contribution in [0.15, 0.2) is 53.3 Å². The Labute approximate surface area is 155 Å². The van der Waals surface area contributed by atoms with Gasteiger partial charge in [0.2, 0.25) is 11.7 Å². The first-order valence-electron chi connectivity index (χ1n) is 8.61. The molecule has 0 fully saturated rings. The molecule has 1 atom stereocenters. The van der Waals surface area contributed by atoms with E-state index in [0.717, 1.165) is 16.5 Å². The summed E-state index contributed by atoms with van der Waals surface area (Å²) in [5.74, 6) is 0.558. The number of H-pyrrole nitrogens is 1. The van der Waals surface area contributed by atoms with Crippen molar-refractivity contribution in [2.24, 2.45) is 5.92 Å². The fourth-order valence-corrected chi connectivity index (χ4v) is 2.84. The van der Waals surface area contributed by atoms with E-state index in [4.69, 9.17) is 4.52 Å². The lowest BCUT2D eigenvalue weighted by molar-refractivity contribution is 0.0910. The number of carbonyl (C=O) groups is 1. The maximum atomic E-state index is 12.8. The third-order valence-corrected chi connectivity index (χ3v) is 4.28. The summed E-state index contributed by atoms with van der Waals surface area (Å²) < 4.78 is 5.42. The number of hydrogen-bond donors (Lipinski definition) is 2. The lowest BCUT2D eigenvalue weighted by Crippen LogP contribution is -2.32. The predicted molar refractivity (Wildman–Crippen MR) is 98.7 cm³/mol. The molecule has 4 rings (SSSR count). The molecule has 0 aliphatic rings. The molecule has 0 bridgehead atoms. The van der Waals surface area contributed by atoms with Crippen LogP contribution in [0.1, 0.15) is 36.3 Å². The Bertz CT molecular complexity index is 1070. The number of aromatic nitrogens is 5. The summed E-state index contributed by atoms with van der Waals surface area (Å²) in [6.07, 6.45) is 3.32. The minimum atomic E-state index is -0.434. The van der Waals surface area contributed by atoms with Crippen molar-refractivity contribution in [2.45, 2.75) is 19.9 Å². The third-order valence-electron chi connectivity index (χ3n) is 4.28. The first kappa shape index (κ1) is 16.9. The Morgan fingerprint density at radius 2 is 1.93 bits per heavy atom. The van der Waals surface area contributed by atoms with Gasteiger partial charge in [-0.05, 0) is 24.1 Å². The Kier molecular flexibility index (Phi) is 4.37. The van der Waals surface area contributed by atoms with Crippen molar-refractivity contribution in [3.63, 3.8) is 0 Å². The van der Waals surface area contributed by atoms with E-state index in [0.29, 0.717) is 17.4 Å². The summed E-state index contributed by atoms with van der Waals surface area (Å²) in [6, 6.07) is 10.6. The summed E-state index contributed by atoms with van der Waals surface area (Å²) in [5.41, 5.74) is 1.94. The molecular formula is C19H18N6O2. The lowest BCUT2D eigenvalue weighted by Gasteiger charge is -2.17. The fraction of sp³-hybridized carbons (Fsp3) is 0.211. The molecular weight excluding hydrogens is 344 g/mol. The van der Waals surface area contributed by atoms with Crippen LogP contribution >= 0.6 is 0 Å². The second-order valence-electron chi connectivity index (χ2n) is 6.51. The van der Waals surface area contributed by atoms with Crippen molar-refractivity contribution in [3.05, 3.63) is 60.4 Å². The van der Waals surface area contributed by atoms with Crippen molar-refractivity contribution >= 4 is 16.8 Å². The quantitative estimate of drug-likeness (QED) is 0.564. The van der Waals surface area contributed by atoms with Crippen LogP contribution in [-0.2, 0) is 0 Å². The topological polar surface area (TPSA) is 110 Å². The summed E-state index contributed by atoms with van der Waals surface area (Å²) in [5, 5.41) is 14.8. The third kappa shape index (κ3) is 3.29. The van der Waals surface area contributed by atoms with Gasteiger partial charge in [-0.25, -0.2) is 0 Å². The van der Waals surface area contributed by atoms with Gasteiger partial charge in [-0.2, -0.15) is 10.1 Å². The molecule has 0 spiro atoms.